The van der Waals surface area contributed by atoms with Crippen molar-refractivity contribution in [1.82, 2.24) is 5.06 Å². The molecule has 0 aromatic heterocycles. The highest BCUT2D eigenvalue weighted by atomic mass is 31.2. The van der Waals surface area contributed by atoms with Gasteiger partial charge in [0.1, 0.15) is 5.78 Å². The fourth-order valence-electron chi connectivity index (χ4n) is 1.60. The van der Waals surface area contributed by atoms with E-state index >= 15 is 0 Å². The Labute approximate surface area is 104 Å². The monoisotopic (exact) mass is 266 g/mol. The molecule has 0 bridgehead atoms. The Bertz CT molecular complexity index is 293. The molecular weight excluding hydrogens is 241 g/mol. The van der Waals surface area contributed by atoms with Gasteiger partial charge < -0.3 is 9.42 Å². The Kier molecular flexibility index (Phi) is 5.39. The van der Waals surface area contributed by atoms with Crippen LogP contribution in [0, 0.1) is 5.41 Å². The van der Waals surface area contributed by atoms with Crippen LogP contribution in [0.5, 0.6) is 0 Å². The van der Waals surface area contributed by atoms with Crippen molar-refractivity contribution in [3.63, 3.8) is 0 Å². The lowest BCUT2D eigenvalue weighted by molar-refractivity contribution is -0.240. The molecule has 6 heteroatoms. The molecule has 0 aromatic carbocycles. The van der Waals surface area contributed by atoms with Gasteiger partial charge in [0.25, 0.3) is 0 Å². The Hall–Kier alpha value is 0.0700. The normalized spacial score (nSPS) is 19.2. The molecule has 0 rings (SSSR count). The first-order valence-corrected chi connectivity index (χ1v) is 7.42. The van der Waals surface area contributed by atoms with Crippen LogP contribution in [-0.4, -0.2) is 27.9 Å². The average Bonchev–Trinajstić information content (AvgIpc) is 1.97. The lowest BCUT2D eigenvalue weighted by atomic mass is 9.94. The van der Waals surface area contributed by atoms with E-state index < -0.39 is 24.3 Å². The van der Waals surface area contributed by atoms with Crippen molar-refractivity contribution >= 4 is 7.60 Å². The zero-order chi connectivity index (χ0) is 14.1. The number of nitrogens with zero attached hydrogens (tertiary/aromatic N) is 1. The van der Waals surface area contributed by atoms with Crippen molar-refractivity contribution in [3.8, 4) is 0 Å². The molecule has 2 unspecified atom stereocenters. The first-order chi connectivity index (χ1) is 7.34. The van der Waals surface area contributed by atoms with Crippen LogP contribution < -0.4 is 0 Å². The molecule has 17 heavy (non-hydrogen) atoms. The molecular formula is C11H25NO4P. The summed E-state index contributed by atoms with van der Waals surface area (Å²) in [6, 6.07) is 0. The van der Waals surface area contributed by atoms with Crippen LogP contribution in [0.1, 0.15) is 48.5 Å². The van der Waals surface area contributed by atoms with Crippen molar-refractivity contribution in [2.75, 3.05) is 6.61 Å². The van der Waals surface area contributed by atoms with E-state index in [4.69, 9.17) is 4.52 Å². The fraction of sp³-hybridized carbons (Fsp3) is 1.00. The molecule has 0 spiro atoms. The first kappa shape index (κ1) is 17.1. The van der Waals surface area contributed by atoms with Crippen molar-refractivity contribution in [2.45, 2.75) is 59.8 Å². The molecule has 2 atom stereocenters. The summed E-state index contributed by atoms with van der Waals surface area (Å²) in [6.07, 6.45) is 0. The van der Waals surface area contributed by atoms with E-state index in [-0.39, 0.29) is 6.61 Å². The van der Waals surface area contributed by atoms with Crippen LogP contribution in [0.15, 0.2) is 0 Å². The molecule has 0 aromatic rings. The van der Waals surface area contributed by atoms with Gasteiger partial charge in [0.2, 0.25) is 0 Å². The van der Waals surface area contributed by atoms with Crippen LogP contribution in [0.2, 0.25) is 0 Å². The standard InChI is InChI=1S/C11H25NO4P/c1-8-16-17(14,15)9(10(2,3)4)12(13)11(5,6)7/h9H,8H2,1-7H3,(H,14,15). The molecule has 0 saturated heterocycles. The highest BCUT2D eigenvalue weighted by Gasteiger charge is 2.49. The van der Waals surface area contributed by atoms with E-state index in [0.717, 1.165) is 0 Å². The van der Waals surface area contributed by atoms with E-state index in [1.807, 2.05) is 0 Å². The van der Waals surface area contributed by atoms with Gasteiger partial charge in [0.05, 0.1) is 6.61 Å². The van der Waals surface area contributed by atoms with Gasteiger partial charge >= 0.3 is 7.60 Å². The van der Waals surface area contributed by atoms with Crippen molar-refractivity contribution < 1.29 is 19.2 Å². The second-order valence-electron chi connectivity index (χ2n) is 6.22. The highest BCUT2D eigenvalue weighted by molar-refractivity contribution is 7.53. The van der Waals surface area contributed by atoms with Gasteiger partial charge in [-0.05, 0) is 33.1 Å². The quantitative estimate of drug-likeness (QED) is 0.627. The largest absolute Gasteiger partial charge is 0.348 e. The summed E-state index contributed by atoms with van der Waals surface area (Å²) in [7, 11) is -3.96. The van der Waals surface area contributed by atoms with Crippen LogP contribution in [-0.2, 0) is 14.3 Å². The molecule has 0 saturated carbocycles. The Morgan fingerprint density at radius 2 is 1.65 bits per heavy atom. The Morgan fingerprint density at radius 1 is 1.24 bits per heavy atom. The van der Waals surface area contributed by atoms with Crippen LogP contribution >= 0.6 is 7.60 Å². The van der Waals surface area contributed by atoms with Crippen molar-refractivity contribution in [3.05, 3.63) is 0 Å². The molecule has 0 fully saturated rings. The summed E-state index contributed by atoms with van der Waals surface area (Å²) in [4.78, 5) is 9.94. The maximum absolute atomic E-state index is 12.2. The third-order valence-corrected chi connectivity index (χ3v) is 4.51. The zero-order valence-electron chi connectivity index (χ0n) is 11.9. The maximum atomic E-state index is 12.2. The summed E-state index contributed by atoms with van der Waals surface area (Å²) in [5.74, 6) is -1.07. The van der Waals surface area contributed by atoms with Gasteiger partial charge in [-0.3, -0.25) is 4.57 Å². The minimum Gasteiger partial charge on any atom is -0.323 e. The number of hydrogen-bond donors (Lipinski definition) is 1. The van der Waals surface area contributed by atoms with E-state index in [1.54, 1.807) is 48.5 Å². The topological polar surface area (TPSA) is 69.7 Å². The van der Waals surface area contributed by atoms with E-state index in [2.05, 4.69) is 0 Å². The molecule has 0 aliphatic carbocycles. The SMILES string of the molecule is CCOP(=O)(O)C(N([O])C(C)(C)C)C(C)(C)C. The van der Waals surface area contributed by atoms with E-state index in [1.165, 1.54) is 0 Å². The summed E-state index contributed by atoms with van der Waals surface area (Å²) in [6.45, 7) is 12.2. The molecule has 1 N–H and O–H groups in total. The second-order valence-corrected chi connectivity index (χ2v) is 8.09. The molecule has 5 nitrogen and oxygen atoms in total. The molecule has 0 amide bonds. The van der Waals surface area contributed by atoms with Gasteiger partial charge in [-0.2, -0.15) is 0 Å². The van der Waals surface area contributed by atoms with Gasteiger partial charge in [-0.1, -0.05) is 20.8 Å². The van der Waals surface area contributed by atoms with Gasteiger partial charge in [0, 0.05) is 5.54 Å². The number of rotatable bonds is 4. The summed E-state index contributed by atoms with van der Waals surface area (Å²) in [5.41, 5.74) is -1.39. The van der Waals surface area contributed by atoms with Gasteiger partial charge in [0.15, 0.2) is 0 Å². The lowest BCUT2D eigenvalue weighted by Gasteiger charge is -2.42. The lowest BCUT2D eigenvalue weighted by Crippen LogP contribution is -2.50. The van der Waals surface area contributed by atoms with E-state index in [0.29, 0.717) is 5.06 Å². The third kappa shape index (κ3) is 4.68. The van der Waals surface area contributed by atoms with Crippen molar-refractivity contribution in [2.24, 2.45) is 5.41 Å². The van der Waals surface area contributed by atoms with Crippen LogP contribution in [0.4, 0.5) is 0 Å². The highest BCUT2D eigenvalue weighted by Crippen LogP contribution is 2.56. The molecule has 103 valence electrons. The Balaban J connectivity index is 5.39. The predicted octanol–water partition coefficient (Wildman–Crippen LogP) is 3.03. The number of hydrogen-bond acceptors (Lipinski definition) is 3. The minimum absolute atomic E-state index is 0.109. The molecule has 0 heterocycles. The van der Waals surface area contributed by atoms with Crippen LogP contribution in [0.3, 0.4) is 0 Å². The molecule has 1 radical (unpaired) electrons. The maximum Gasteiger partial charge on any atom is 0.348 e. The zero-order valence-corrected chi connectivity index (χ0v) is 12.7. The van der Waals surface area contributed by atoms with Crippen LogP contribution in [0.25, 0.3) is 0 Å². The van der Waals surface area contributed by atoms with Crippen molar-refractivity contribution in [1.29, 1.82) is 0 Å². The smallest absolute Gasteiger partial charge is 0.323 e. The Morgan fingerprint density at radius 3 is 1.88 bits per heavy atom. The number of hydroxylamine groups is 2. The first-order valence-electron chi connectivity index (χ1n) is 5.77. The fourth-order valence-corrected chi connectivity index (χ4v) is 3.70. The minimum atomic E-state index is -3.96. The summed E-state index contributed by atoms with van der Waals surface area (Å²) in [5, 5.41) is 12.9. The van der Waals surface area contributed by atoms with Gasteiger partial charge in [-0.15, -0.1) is 10.3 Å². The third-order valence-electron chi connectivity index (χ3n) is 2.28. The summed E-state index contributed by atoms with van der Waals surface area (Å²) < 4.78 is 17.0. The second kappa shape index (κ2) is 5.37. The van der Waals surface area contributed by atoms with Gasteiger partial charge in [-0.25, -0.2) is 0 Å². The molecule has 0 aliphatic heterocycles. The van der Waals surface area contributed by atoms with E-state index in [9.17, 15) is 14.7 Å². The average molecular weight is 266 g/mol. The molecule has 0 aliphatic rings. The summed E-state index contributed by atoms with van der Waals surface area (Å²) >= 11 is 0. The predicted molar refractivity (Wildman–Crippen MR) is 67.0 cm³/mol.